The number of hydrogen-bond acceptors (Lipinski definition) is 6. The van der Waals surface area contributed by atoms with Gasteiger partial charge in [-0.1, -0.05) is 31.2 Å². The van der Waals surface area contributed by atoms with Gasteiger partial charge in [0.15, 0.2) is 5.76 Å². The van der Waals surface area contributed by atoms with Crippen LogP contribution in [0.4, 0.5) is 0 Å². The van der Waals surface area contributed by atoms with Crippen molar-refractivity contribution in [3.05, 3.63) is 63.9 Å². The van der Waals surface area contributed by atoms with Crippen LogP contribution in [0, 0.1) is 12.8 Å². The normalized spacial score (nSPS) is 17.8. The van der Waals surface area contributed by atoms with Gasteiger partial charge >= 0.3 is 5.97 Å². The summed E-state index contributed by atoms with van der Waals surface area (Å²) in [4.78, 5) is 27.3. The minimum absolute atomic E-state index is 0.0787. The van der Waals surface area contributed by atoms with Gasteiger partial charge in [-0.25, -0.2) is 0 Å². The highest BCUT2D eigenvalue weighted by Gasteiger charge is 2.34. The Labute approximate surface area is 194 Å². The van der Waals surface area contributed by atoms with Crippen LogP contribution >= 0.6 is 0 Å². The molecule has 0 aromatic heterocycles. The molecule has 2 heterocycles. The third kappa shape index (κ3) is 4.81. The number of likely N-dealkylation sites (tertiary alicyclic amines) is 1. The zero-order valence-corrected chi connectivity index (χ0v) is 19.5. The van der Waals surface area contributed by atoms with Gasteiger partial charge in [0.05, 0.1) is 23.7 Å². The van der Waals surface area contributed by atoms with E-state index in [1.165, 1.54) is 5.56 Å². The number of carbonyl (C=O) groups excluding carboxylic acids is 2. The maximum atomic E-state index is 13.1. The number of phenols is 1. The molecule has 1 fully saturated rings. The zero-order valence-electron chi connectivity index (χ0n) is 19.5. The molecule has 4 rings (SSSR count). The number of aryl methyl sites for hydroxylation is 2. The Morgan fingerprint density at radius 2 is 1.91 bits per heavy atom. The maximum absolute atomic E-state index is 13.1. The molecule has 1 saturated heterocycles. The lowest BCUT2D eigenvalue weighted by Crippen LogP contribution is -2.36. The Morgan fingerprint density at radius 3 is 2.55 bits per heavy atom. The number of carbonyl (C=O) groups is 2. The highest BCUT2D eigenvalue weighted by Crippen LogP contribution is 2.42. The SMILES string of the molecule is CCOC(=O)C1CCN(Cc2c(O)cc(C)c3c2O/C(=C/c2ccc(CC)cc2)C3=O)CC1. The molecule has 6 heteroatoms. The van der Waals surface area contributed by atoms with Crippen molar-refractivity contribution in [2.45, 2.75) is 46.6 Å². The third-order valence-corrected chi connectivity index (χ3v) is 6.50. The fourth-order valence-electron chi connectivity index (χ4n) is 4.54. The summed E-state index contributed by atoms with van der Waals surface area (Å²) >= 11 is 0. The number of hydrogen-bond donors (Lipinski definition) is 1. The van der Waals surface area contributed by atoms with E-state index in [1.54, 1.807) is 12.1 Å². The van der Waals surface area contributed by atoms with Crippen LogP contribution in [-0.2, 0) is 22.5 Å². The first-order chi connectivity index (χ1) is 15.9. The van der Waals surface area contributed by atoms with Crippen LogP contribution in [0.2, 0.25) is 0 Å². The first-order valence-corrected chi connectivity index (χ1v) is 11.7. The molecule has 0 aliphatic carbocycles. The smallest absolute Gasteiger partial charge is 0.309 e. The Balaban J connectivity index is 1.54. The predicted octanol–water partition coefficient (Wildman–Crippen LogP) is 4.65. The minimum atomic E-state index is -0.163. The summed E-state index contributed by atoms with van der Waals surface area (Å²) in [6.45, 7) is 8.01. The van der Waals surface area contributed by atoms with Gasteiger partial charge in [0.2, 0.25) is 5.78 Å². The van der Waals surface area contributed by atoms with Gasteiger partial charge in [-0.2, -0.15) is 0 Å². The minimum Gasteiger partial charge on any atom is -0.507 e. The van der Waals surface area contributed by atoms with Gasteiger partial charge < -0.3 is 14.6 Å². The molecule has 0 bridgehead atoms. The number of benzene rings is 2. The number of piperidine rings is 1. The molecule has 1 N–H and O–H groups in total. The lowest BCUT2D eigenvalue weighted by molar-refractivity contribution is -0.149. The standard InChI is InChI=1S/C27H31NO5/c1-4-18-6-8-19(9-7-18)15-23-25(30)24-17(3)14-22(29)21(26(24)33-23)16-28-12-10-20(11-13-28)27(31)32-5-2/h6-9,14-15,20,29H,4-5,10-13,16H2,1-3H3/b23-15+. The van der Waals surface area contributed by atoms with Crippen LogP contribution in [0.5, 0.6) is 11.5 Å². The van der Waals surface area contributed by atoms with Crippen molar-refractivity contribution in [2.24, 2.45) is 5.92 Å². The summed E-state index contributed by atoms with van der Waals surface area (Å²) in [5.41, 5.74) is 3.95. The molecule has 0 spiro atoms. The van der Waals surface area contributed by atoms with Gasteiger partial charge in [0.25, 0.3) is 0 Å². The topological polar surface area (TPSA) is 76.1 Å². The fourth-order valence-corrected chi connectivity index (χ4v) is 4.54. The Morgan fingerprint density at radius 1 is 1.21 bits per heavy atom. The number of ketones is 1. The maximum Gasteiger partial charge on any atom is 0.309 e. The number of Topliss-reactive ketones (excluding diaryl/α,β-unsaturated/α-hetero) is 1. The van der Waals surface area contributed by atoms with Crippen LogP contribution in [-0.4, -0.2) is 41.5 Å². The van der Waals surface area contributed by atoms with Crippen LogP contribution in [0.15, 0.2) is 36.1 Å². The monoisotopic (exact) mass is 449 g/mol. The molecule has 2 aromatic carbocycles. The van der Waals surface area contributed by atoms with Crippen molar-refractivity contribution in [3.8, 4) is 11.5 Å². The average Bonchev–Trinajstić information content (AvgIpc) is 3.14. The molecule has 2 aliphatic heterocycles. The van der Waals surface area contributed by atoms with Crippen molar-refractivity contribution < 1.29 is 24.2 Å². The van der Waals surface area contributed by atoms with E-state index in [1.807, 2.05) is 38.1 Å². The molecule has 0 radical (unpaired) electrons. The molecule has 0 saturated carbocycles. The van der Waals surface area contributed by atoms with Crippen molar-refractivity contribution in [1.29, 1.82) is 0 Å². The molecule has 0 atom stereocenters. The van der Waals surface area contributed by atoms with Crippen molar-refractivity contribution in [3.63, 3.8) is 0 Å². The van der Waals surface area contributed by atoms with Gasteiger partial charge in [-0.15, -0.1) is 0 Å². The largest absolute Gasteiger partial charge is 0.507 e. The summed E-state index contributed by atoms with van der Waals surface area (Å²) in [5.74, 6) is 0.466. The zero-order chi connectivity index (χ0) is 23.5. The first kappa shape index (κ1) is 23.1. The number of esters is 1. The third-order valence-electron chi connectivity index (χ3n) is 6.50. The number of phenolic OH excluding ortho intramolecular Hbond substituents is 1. The van der Waals surface area contributed by atoms with E-state index in [0.717, 1.165) is 12.0 Å². The number of nitrogens with zero attached hydrogens (tertiary/aromatic N) is 1. The van der Waals surface area contributed by atoms with Gasteiger partial charge in [0, 0.05) is 6.54 Å². The molecule has 0 unspecified atom stereocenters. The summed E-state index contributed by atoms with van der Waals surface area (Å²) in [7, 11) is 0. The second-order valence-corrected chi connectivity index (χ2v) is 8.73. The van der Waals surface area contributed by atoms with Crippen LogP contribution < -0.4 is 4.74 Å². The average molecular weight is 450 g/mol. The van der Waals surface area contributed by atoms with E-state index < -0.39 is 0 Å². The predicted molar refractivity (Wildman–Crippen MR) is 126 cm³/mol. The number of aromatic hydroxyl groups is 1. The number of ether oxygens (including phenoxy) is 2. The van der Waals surface area contributed by atoms with E-state index in [0.29, 0.717) is 61.5 Å². The summed E-state index contributed by atoms with van der Waals surface area (Å²) < 4.78 is 11.2. The highest BCUT2D eigenvalue weighted by molar-refractivity contribution is 6.15. The van der Waals surface area contributed by atoms with Crippen LogP contribution in [0.3, 0.4) is 0 Å². The Bertz CT molecular complexity index is 1080. The second-order valence-electron chi connectivity index (χ2n) is 8.73. The highest BCUT2D eigenvalue weighted by atomic mass is 16.5. The molecular weight excluding hydrogens is 418 g/mol. The summed E-state index contributed by atoms with van der Waals surface area (Å²) in [6.07, 6.45) is 4.14. The molecule has 33 heavy (non-hydrogen) atoms. The molecular formula is C27H31NO5. The lowest BCUT2D eigenvalue weighted by atomic mass is 9.95. The van der Waals surface area contributed by atoms with Gasteiger partial charge in [0.1, 0.15) is 11.5 Å². The molecule has 6 nitrogen and oxygen atoms in total. The van der Waals surface area contributed by atoms with E-state index in [9.17, 15) is 14.7 Å². The van der Waals surface area contributed by atoms with Crippen molar-refractivity contribution >= 4 is 17.8 Å². The van der Waals surface area contributed by atoms with Gasteiger partial charge in [-0.05, 0) is 75.0 Å². The quantitative estimate of drug-likeness (QED) is 0.511. The van der Waals surface area contributed by atoms with E-state index in [-0.39, 0.29) is 29.2 Å². The second kappa shape index (κ2) is 9.79. The number of fused-ring (bicyclic) bond motifs is 1. The van der Waals surface area contributed by atoms with E-state index in [2.05, 4.69) is 11.8 Å². The number of rotatable bonds is 6. The molecule has 174 valence electrons. The summed E-state index contributed by atoms with van der Waals surface area (Å²) in [5, 5.41) is 10.7. The van der Waals surface area contributed by atoms with Gasteiger partial charge in [-0.3, -0.25) is 14.5 Å². The van der Waals surface area contributed by atoms with E-state index in [4.69, 9.17) is 9.47 Å². The molecule has 2 aromatic rings. The lowest BCUT2D eigenvalue weighted by Gasteiger charge is -2.31. The van der Waals surface area contributed by atoms with Crippen LogP contribution in [0.1, 0.15) is 59.3 Å². The first-order valence-electron chi connectivity index (χ1n) is 11.7. The Hall–Kier alpha value is -3.12. The number of allylic oxidation sites excluding steroid dienone is 1. The fraction of sp³-hybridized carbons (Fsp3) is 0.407. The molecule has 0 amide bonds. The Kier molecular flexibility index (Phi) is 6.84. The van der Waals surface area contributed by atoms with E-state index >= 15 is 0 Å². The van der Waals surface area contributed by atoms with Crippen molar-refractivity contribution in [1.82, 2.24) is 4.90 Å². The summed E-state index contributed by atoms with van der Waals surface area (Å²) in [6, 6.07) is 9.68. The molecule has 2 aliphatic rings. The van der Waals surface area contributed by atoms with Crippen molar-refractivity contribution in [2.75, 3.05) is 19.7 Å². The van der Waals surface area contributed by atoms with Crippen LogP contribution in [0.25, 0.3) is 6.08 Å².